The third kappa shape index (κ3) is 11.6. The van der Waals surface area contributed by atoms with E-state index in [1.807, 2.05) is 60.7 Å². The average molecular weight is 567 g/mol. The van der Waals surface area contributed by atoms with Gasteiger partial charge in [0.1, 0.15) is 23.7 Å². The number of hydrogen-bond acceptors (Lipinski definition) is 7. The van der Waals surface area contributed by atoms with Crippen LogP contribution in [0.15, 0.2) is 72.8 Å². The molecule has 0 heterocycles. The molecule has 0 aliphatic rings. The largest absolute Gasteiger partial charge is 0.460 e. The summed E-state index contributed by atoms with van der Waals surface area (Å²) in [5.41, 5.74) is -0.0786. The van der Waals surface area contributed by atoms with E-state index in [0.717, 1.165) is 11.1 Å². The second kappa shape index (κ2) is 15.1. The molecule has 9 nitrogen and oxygen atoms in total. The molecule has 2 N–H and O–H groups in total. The Labute approximate surface area is 242 Å². The number of Topliss-reactive ketones (excluding diaryl/α,β-unsaturated/α-hetero) is 1. The number of rotatable bonds is 14. The van der Waals surface area contributed by atoms with Crippen molar-refractivity contribution in [1.82, 2.24) is 10.6 Å². The topological polar surface area (TPSA) is 120 Å². The van der Waals surface area contributed by atoms with E-state index in [1.165, 1.54) is 13.8 Å². The predicted octanol–water partition coefficient (Wildman–Crippen LogP) is 4.89. The van der Waals surface area contributed by atoms with Gasteiger partial charge in [0.15, 0.2) is 5.78 Å². The van der Waals surface area contributed by atoms with Crippen LogP contribution in [0.5, 0.6) is 0 Å². The van der Waals surface area contributed by atoms with Gasteiger partial charge in [-0.15, -0.1) is 6.58 Å². The number of ether oxygens (including phenoxy) is 3. The van der Waals surface area contributed by atoms with Gasteiger partial charge >= 0.3 is 12.1 Å². The summed E-state index contributed by atoms with van der Waals surface area (Å²) in [6.45, 7) is 13.6. The van der Waals surface area contributed by atoms with Crippen LogP contribution in [0, 0.1) is 5.41 Å². The van der Waals surface area contributed by atoms with Crippen LogP contribution in [0.3, 0.4) is 0 Å². The highest BCUT2D eigenvalue weighted by atomic mass is 16.6. The van der Waals surface area contributed by atoms with E-state index in [9.17, 15) is 19.2 Å². The fourth-order valence-corrected chi connectivity index (χ4v) is 3.77. The lowest BCUT2D eigenvalue weighted by Crippen LogP contribution is -2.56. The molecule has 0 unspecified atom stereocenters. The fourth-order valence-electron chi connectivity index (χ4n) is 3.77. The molecule has 0 saturated heterocycles. The molecular weight excluding hydrogens is 524 g/mol. The number of carbonyl (C=O) groups excluding carboxylic acids is 4. The zero-order chi connectivity index (χ0) is 30.6. The van der Waals surface area contributed by atoms with E-state index >= 15 is 0 Å². The van der Waals surface area contributed by atoms with Gasteiger partial charge in [0.25, 0.3) is 0 Å². The van der Waals surface area contributed by atoms with Crippen LogP contribution >= 0.6 is 0 Å². The average Bonchev–Trinajstić information content (AvgIpc) is 2.90. The van der Waals surface area contributed by atoms with Crippen LogP contribution in [-0.2, 0) is 41.8 Å². The van der Waals surface area contributed by atoms with Crippen molar-refractivity contribution in [3.05, 3.63) is 83.9 Å². The fraction of sp³-hybridized carbons (Fsp3) is 0.438. The van der Waals surface area contributed by atoms with Crippen molar-refractivity contribution in [3.63, 3.8) is 0 Å². The lowest BCUT2D eigenvalue weighted by Gasteiger charge is -2.29. The Bertz CT molecular complexity index is 1190. The Kier molecular flexibility index (Phi) is 12.3. The number of esters is 1. The van der Waals surface area contributed by atoms with Gasteiger partial charge in [0.2, 0.25) is 5.91 Å². The van der Waals surface area contributed by atoms with E-state index in [0.29, 0.717) is 5.57 Å². The molecule has 2 amide bonds. The van der Waals surface area contributed by atoms with Crippen LogP contribution in [0.2, 0.25) is 0 Å². The zero-order valence-electron chi connectivity index (χ0n) is 24.8. The first kappa shape index (κ1) is 33.2. The van der Waals surface area contributed by atoms with Crippen molar-refractivity contribution < 1.29 is 33.4 Å². The number of nitrogens with one attached hydrogen (secondary N) is 2. The monoisotopic (exact) mass is 566 g/mol. The highest BCUT2D eigenvalue weighted by Crippen LogP contribution is 2.24. The smallest absolute Gasteiger partial charge is 0.408 e. The van der Waals surface area contributed by atoms with E-state index in [4.69, 9.17) is 14.2 Å². The molecule has 0 radical (unpaired) electrons. The maximum absolute atomic E-state index is 13.6. The molecule has 2 rings (SSSR count). The summed E-state index contributed by atoms with van der Waals surface area (Å²) in [6.07, 6.45) is -0.724. The second-order valence-electron chi connectivity index (χ2n) is 11.5. The molecule has 0 aromatic heterocycles. The first-order valence-electron chi connectivity index (χ1n) is 13.5. The normalized spacial score (nSPS) is 12.9. The Morgan fingerprint density at radius 2 is 1.34 bits per heavy atom. The highest BCUT2D eigenvalue weighted by Gasteiger charge is 2.42. The molecule has 41 heavy (non-hydrogen) atoms. The first-order valence-corrected chi connectivity index (χ1v) is 13.5. The molecule has 0 aliphatic carbocycles. The quantitative estimate of drug-likeness (QED) is 0.190. The molecule has 222 valence electrons. The summed E-state index contributed by atoms with van der Waals surface area (Å²) >= 11 is 0. The Hall–Kier alpha value is -3.98. The van der Waals surface area contributed by atoms with E-state index in [2.05, 4.69) is 17.2 Å². The van der Waals surface area contributed by atoms with E-state index in [-0.39, 0.29) is 26.2 Å². The van der Waals surface area contributed by atoms with Gasteiger partial charge < -0.3 is 24.8 Å². The standard InChI is InChI=1S/C32H42N2O7/c1-22(2)18-25(27(35)32(6,7)29(37)40-20-24-16-12-9-13-17-24)33-28(36)26(34-30(38)41-31(3,4)5)21-39-19-23-14-10-8-11-15-23/h8-17,25-26H,1,18-21H2,2-7H3,(H,33,36)(H,34,38)/t25-,26-/m0/s1. The van der Waals surface area contributed by atoms with Gasteiger partial charge in [-0.1, -0.05) is 66.2 Å². The SMILES string of the molecule is C=C(C)C[C@H](NC(=O)[C@H](COCc1ccccc1)NC(=O)OC(C)(C)C)C(=O)C(C)(C)C(=O)OCc1ccccc1. The van der Waals surface area contributed by atoms with Gasteiger partial charge in [0, 0.05) is 0 Å². The van der Waals surface area contributed by atoms with Crippen molar-refractivity contribution in [2.45, 2.75) is 78.9 Å². The zero-order valence-corrected chi connectivity index (χ0v) is 24.8. The van der Waals surface area contributed by atoms with Crippen molar-refractivity contribution in [2.24, 2.45) is 5.41 Å². The minimum absolute atomic E-state index is 0.00846. The van der Waals surface area contributed by atoms with Crippen LogP contribution in [-0.4, -0.2) is 48.0 Å². The molecule has 0 aliphatic heterocycles. The number of ketones is 1. The van der Waals surface area contributed by atoms with Crippen molar-refractivity contribution in [3.8, 4) is 0 Å². The summed E-state index contributed by atoms with van der Waals surface area (Å²) < 4.78 is 16.5. The Morgan fingerprint density at radius 1 is 0.805 bits per heavy atom. The third-order valence-electron chi connectivity index (χ3n) is 5.93. The summed E-state index contributed by atoms with van der Waals surface area (Å²) in [6, 6.07) is 16.2. The third-order valence-corrected chi connectivity index (χ3v) is 5.93. The first-order chi connectivity index (χ1) is 19.2. The molecule has 0 spiro atoms. The van der Waals surface area contributed by atoms with Crippen LogP contribution in [0.1, 0.15) is 59.1 Å². The minimum atomic E-state index is -1.57. The van der Waals surface area contributed by atoms with Crippen molar-refractivity contribution in [2.75, 3.05) is 6.61 Å². The van der Waals surface area contributed by atoms with Gasteiger partial charge in [-0.2, -0.15) is 0 Å². The lowest BCUT2D eigenvalue weighted by molar-refractivity contribution is -0.160. The molecular formula is C32H42N2O7. The van der Waals surface area contributed by atoms with Crippen LogP contribution in [0.4, 0.5) is 4.79 Å². The molecule has 9 heteroatoms. The number of amides is 2. The predicted molar refractivity (Wildman–Crippen MR) is 156 cm³/mol. The summed E-state index contributed by atoms with van der Waals surface area (Å²) in [5, 5.41) is 5.23. The van der Waals surface area contributed by atoms with Gasteiger partial charge in [-0.05, 0) is 59.1 Å². The van der Waals surface area contributed by atoms with Crippen LogP contribution in [0.25, 0.3) is 0 Å². The molecule has 0 fully saturated rings. The van der Waals surface area contributed by atoms with Crippen molar-refractivity contribution in [1.29, 1.82) is 0 Å². The van der Waals surface area contributed by atoms with Crippen LogP contribution < -0.4 is 10.6 Å². The molecule has 2 aromatic carbocycles. The maximum atomic E-state index is 13.6. The highest BCUT2D eigenvalue weighted by molar-refractivity contribution is 6.07. The Balaban J connectivity index is 2.17. The summed E-state index contributed by atoms with van der Waals surface area (Å²) in [4.78, 5) is 52.6. The van der Waals surface area contributed by atoms with Gasteiger partial charge in [0.05, 0.1) is 19.3 Å². The van der Waals surface area contributed by atoms with Gasteiger partial charge in [-0.25, -0.2) is 4.79 Å². The molecule has 0 saturated carbocycles. The second-order valence-corrected chi connectivity index (χ2v) is 11.5. The van der Waals surface area contributed by atoms with Crippen molar-refractivity contribution >= 4 is 23.8 Å². The summed E-state index contributed by atoms with van der Waals surface area (Å²) in [5.74, 6) is -1.94. The van der Waals surface area contributed by atoms with E-state index in [1.54, 1.807) is 27.7 Å². The summed E-state index contributed by atoms with van der Waals surface area (Å²) in [7, 11) is 0. The molecule has 2 aromatic rings. The molecule has 2 atom stereocenters. The van der Waals surface area contributed by atoms with E-state index < -0.39 is 46.9 Å². The molecule has 0 bridgehead atoms. The maximum Gasteiger partial charge on any atom is 0.408 e. The number of carbonyl (C=O) groups is 4. The minimum Gasteiger partial charge on any atom is -0.460 e. The Morgan fingerprint density at radius 3 is 1.85 bits per heavy atom. The van der Waals surface area contributed by atoms with Gasteiger partial charge in [-0.3, -0.25) is 14.4 Å². The number of alkyl carbamates (subject to hydrolysis) is 1. The lowest BCUT2D eigenvalue weighted by atomic mass is 9.82. The number of hydrogen-bond donors (Lipinski definition) is 2. The number of benzene rings is 2.